The molecule has 0 radical (unpaired) electrons. The molecule has 0 unspecified atom stereocenters. The van der Waals surface area contributed by atoms with E-state index in [0.29, 0.717) is 27.6 Å². The Morgan fingerprint density at radius 3 is 2.76 bits per heavy atom. The number of hydrogen-bond donors (Lipinski definition) is 1. The first kappa shape index (κ1) is 16.3. The van der Waals surface area contributed by atoms with Crippen LogP contribution in [0, 0.1) is 17.2 Å². The van der Waals surface area contributed by atoms with Gasteiger partial charge in [0.1, 0.15) is 11.8 Å². The van der Waals surface area contributed by atoms with Gasteiger partial charge < -0.3 is 10.1 Å². The maximum Gasteiger partial charge on any atom is 0.174 e. The molecule has 1 N–H and O–H groups in total. The van der Waals surface area contributed by atoms with E-state index in [-0.39, 0.29) is 12.6 Å². The third-order valence-corrected chi connectivity index (χ3v) is 5.44. The number of benzene rings is 2. The fourth-order valence-electron chi connectivity index (χ4n) is 3.84. The van der Waals surface area contributed by atoms with Gasteiger partial charge in [-0.3, -0.25) is 0 Å². The molecule has 1 aliphatic carbocycles. The van der Waals surface area contributed by atoms with E-state index < -0.39 is 0 Å². The van der Waals surface area contributed by atoms with Crippen molar-refractivity contribution >= 4 is 28.9 Å². The minimum Gasteiger partial charge on any atom is -0.479 e. The minimum absolute atomic E-state index is 0.0549. The zero-order valence-electron chi connectivity index (χ0n) is 13.4. The molecule has 3 nitrogen and oxygen atoms in total. The standard InChI is InChI=1S/C20H16Cl2N2O/c21-13-10-17-15-2-1-3-16(15)19(24-20(17)18(22)11-13)12-4-6-14(7-5-12)25-9-8-23/h1-2,4-7,10-11,15-16,19,24H,3,9H2/t15-,16+,19+/m1/s1. The van der Waals surface area contributed by atoms with Gasteiger partial charge in [-0.25, -0.2) is 0 Å². The van der Waals surface area contributed by atoms with Gasteiger partial charge in [-0.05, 0) is 47.7 Å². The normalized spacial score (nSPS) is 23.3. The van der Waals surface area contributed by atoms with Gasteiger partial charge in [-0.15, -0.1) is 0 Å². The Balaban J connectivity index is 1.68. The van der Waals surface area contributed by atoms with Crippen molar-refractivity contribution in [1.82, 2.24) is 0 Å². The van der Waals surface area contributed by atoms with Crippen LogP contribution >= 0.6 is 23.2 Å². The van der Waals surface area contributed by atoms with Crippen LogP contribution in [0.15, 0.2) is 48.6 Å². The van der Waals surface area contributed by atoms with Crippen LogP contribution in [0.3, 0.4) is 0 Å². The van der Waals surface area contributed by atoms with Crippen LogP contribution in [0.4, 0.5) is 5.69 Å². The van der Waals surface area contributed by atoms with Crippen molar-refractivity contribution in [2.24, 2.45) is 5.92 Å². The zero-order valence-corrected chi connectivity index (χ0v) is 14.9. The molecule has 0 aromatic heterocycles. The van der Waals surface area contributed by atoms with E-state index in [1.807, 2.05) is 24.3 Å². The smallest absolute Gasteiger partial charge is 0.174 e. The van der Waals surface area contributed by atoms with Gasteiger partial charge in [0.15, 0.2) is 6.61 Å². The van der Waals surface area contributed by atoms with Crippen molar-refractivity contribution in [3.63, 3.8) is 0 Å². The Hall–Kier alpha value is -2.15. The van der Waals surface area contributed by atoms with Gasteiger partial charge in [0, 0.05) is 10.9 Å². The summed E-state index contributed by atoms with van der Waals surface area (Å²) >= 11 is 12.7. The molecule has 3 atom stereocenters. The van der Waals surface area contributed by atoms with E-state index in [1.54, 1.807) is 6.07 Å². The number of ether oxygens (including phenoxy) is 1. The van der Waals surface area contributed by atoms with E-state index in [2.05, 4.69) is 29.6 Å². The van der Waals surface area contributed by atoms with Gasteiger partial charge in [-0.1, -0.05) is 47.5 Å². The van der Waals surface area contributed by atoms with Crippen molar-refractivity contribution in [3.8, 4) is 11.8 Å². The summed E-state index contributed by atoms with van der Waals surface area (Å²) < 4.78 is 5.34. The van der Waals surface area contributed by atoms with Crippen LogP contribution in [0.25, 0.3) is 0 Å². The summed E-state index contributed by atoms with van der Waals surface area (Å²) in [4.78, 5) is 0. The number of nitrogens with zero attached hydrogens (tertiary/aromatic N) is 1. The van der Waals surface area contributed by atoms with Crippen LogP contribution in [-0.2, 0) is 0 Å². The number of nitriles is 1. The fraction of sp³-hybridized carbons (Fsp3) is 0.250. The molecule has 1 aliphatic heterocycles. The van der Waals surface area contributed by atoms with Gasteiger partial charge in [-0.2, -0.15) is 5.26 Å². The Morgan fingerprint density at radius 1 is 1.20 bits per heavy atom. The summed E-state index contributed by atoms with van der Waals surface area (Å²) in [5, 5.41) is 13.6. The lowest BCUT2D eigenvalue weighted by atomic mass is 9.77. The first-order valence-electron chi connectivity index (χ1n) is 8.19. The molecule has 0 amide bonds. The topological polar surface area (TPSA) is 45.0 Å². The zero-order chi connectivity index (χ0) is 17.4. The molecule has 2 aromatic rings. The number of halogens is 2. The Morgan fingerprint density at radius 2 is 2.00 bits per heavy atom. The summed E-state index contributed by atoms with van der Waals surface area (Å²) in [6.45, 7) is 0.0549. The van der Waals surface area contributed by atoms with E-state index in [9.17, 15) is 0 Å². The number of anilines is 1. The molecule has 2 aromatic carbocycles. The van der Waals surface area contributed by atoms with Gasteiger partial charge in [0.05, 0.1) is 16.8 Å². The number of allylic oxidation sites excluding steroid dienone is 2. The van der Waals surface area contributed by atoms with E-state index in [1.165, 1.54) is 11.1 Å². The highest BCUT2D eigenvalue weighted by molar-refractivity contribution is 6.36. The predicted molar refractivity (Wildman–Crippen MR) is 100 cm³/mol. The van der Waals surface area contributed by atoms with Crippen molar-refractivity contribution < 1.29 is 4.74 Å². The molecule has 0 spiro atoms. The monoisotopic (exact) mass is 370 g/mol. The van der Waals surface area contributed by atoms with Gasteiger partial charge in [0.2, 0.25) is 0 Å². The molecule has 2 aliphatic rings. The maximum absolute atomic E-state index is 8.61. The molecule has 25 heavy (non-hydrogen) atoms. The largest absolute Gasteiger partial charge is 0.479 e. The summed E-state index contributed by atoms with van der Waals surface area (Å²) in [5.41, 5.74) is 3.31. The quantitative estimate of drug-likeness (QED) is 0.702. The lowest BCUT2D eigenvalue weighted by molar-refractivity contribution is 0.367. The minimum atomic E-state index is 0.0549. The highest BCUT2D eigenvalue weighted by Crippen LogP contribution is 2.52. The SMILES string of the molecule is N#CCOc1ccc([C@@H]2Nc3c(Cl)cc(Cl)cc3[C@@H]3C=CC[C@@H]32)cc1. The van der Waals surface area contributed by atoms with Crippen LogP contribution in [0.5, 0.6) is 5.75 Å². The highest BCUT2D eigenvalue weighted by Gasteiger charge is 2.38. The van der Waals surface area contributed by atoms with Gasteiger partial charge in [0.25, 0.3) is 0 Å². The molecule has 0 saturated heterocycles. The Kier molecular flexibility index (Phi) is 4.33. The number of fused-ring (bicyclic) bond motifs is 3. The number of rotatable bonds is 3. The lowest BCUT2D eigenvalue weighted by Gasteiger charge is -2.38. The molecule has 0 saturated carbocycles. The average molecular weight is 371 g/mol. The summed E-state index contributed by atoms with van der Waals surface area (Å²) in [6, 6.07) is 13.8. The maximum atomic E-state index is 8.61. The lowest BCUT2D eigenvalue weighted by Crippen LogP contribution is -2.29. The molecule has 0 bridgehead atoms. The third-order valence-electron chi connectivity index (χ3n) is 4.93. The molecular formula is C20H16Cl2N2O. The summed E-state index contributed by atoms with van der Waals surface area (Å²) in [5.74, 6) is 1.44. The van der Waals surface area contributed by atoms with Crippen molar-refractivity contribution in [2.45, 2.75) is 18.4 Å². The first-order valence-corrected chi connectivity index (χ1v) is 8.95. The summed E-state index contributed by atoms with van der Waals surface area (Å²) in [7, 11) is 0. The highest BCUT2D eigenvalue weighted by atomic mass is 35.5. The Labute approximate surface area is 156 Å². The fourth-order valence-corrected chi connectivity index (χ4v) is 4.40. The second kappa shape index (κ2) is 6.63. The molecule has 5 heteroatoms. The number of nitrogens with one attached hydrogen (secondary N) is 1. The molecule has 126 valence electrons. The van der Waals surface area contributed by atoms with Crippen LogP contribution < -0.4 is 10.1 Å². The third kappa shape index (κ3) is 2.97. The van der Waals surface area contributed by atoms with Crippen LogP contribution in [0.2, 0.25) is 10.0 Å². The van der Waals surface area contributed by atoms with E-state index >= 15 is 0 Å². The van der Waals surface area contributed by atoms with E-state index in [4.69, 9.17) is 33.2 Å². The summed E-state index contributed by atoms with van der Waals surface area (Å²) in [6.07, 6.45) is 5.51. The molecule has 1 heterocycles. The second-order valence-electron chi connectivity index (χ2n) is 6.34. The van der Waals surface area contributed by atoms with Crippen molar-refractivity contribution in [3.05, 3.63) is 69.7 Å². The molecule has 0 fully saturated rings. The second-order valence-corrected chi connectivity index (χ2v) is 7.19. The van der Waals surface area contributed by atoms with Crippen LogP contribution in [-0.4, -0.2) is 6.61 Å². The first-order chi connectivity index (χ1) is 12.2. The molecular weight excluding hydrogens is 355 g/mol. The van der Waals surface area contributed by atoms with Gasteiger partial charge >= 0.3 is 0 Å². The average Bonchev–Trinajstić information content (AvgIpc) is 3.10. The van der Waals surface area contributed by atoms with Crippen LogP contribution in [0.1, 0.15) is 29.5 Å². The predicted octanol–water partition coefficient (Wildman–Crippen LogP) is 5.72. The number of hydrogen-bond acceptors (Lipinski definition) is 3. The van der Waals surface area contributed by atoms with Crippen molar-refractivity contribution in [2.75, 3.05) is 11.9 Å². The molecule has 4 rings (SSSR count). The van der Waals surface area contributed by atoms with E-state index in [0.717, 1.165) is 12.1 Å². The van der Waals surface area contributed by atoms with Crippen molar-refractivity contribution in [1.29, 1.82) is 5.26 Å². The Bertz CT molecular complexity index is 871.